The van der Waals surface area contributed by atoms with Crippen molar-refractivity contribution in [3.63, 3.8) is 0 Å². The minimum atomic E-state index is -0.420. The van der Waals surface area contributed by atoms with E-state index in [0.717, 1.165) is 11.3 Å². The molecule has 1 N–H and O–H groups in total. The quantitative estimate of drug-likeness (QED) is 0.858. The van der Waals surface area contributed by atoms with Crippen LogP contribution in [-0.4, -0.2) is 22.7 Å². The Morgan fingerprint density at radius 3 is 2.71 bits per heavy atom. The molecule has 1 rings (SSSR count). The number of hydrogen-bond acceptors (Lipinski definition) is 2. The van der Waals surface area contributed by atoms with E-state index in [1.165, 1.54) is 6.07 Å². The number of halogens is 2. The lowest BCUT2D eigenvalue weighted by atomic mass is 10.1. The van der Waals surface area contributed by atoms with Crippen LogP contribution >= 0.6 is 27.7 Å². The van der Waals surface area contributed by atoms with Crippen LogP contribution in [0.1, 0.15) is 19.4 Å². The summed E-state index contributed by atoms with van der Waals surface area (Å²) >= 11 is 4.95. The van der Waals surface area contributed by atoms with Gasteiger partial charge in [0.15, 0.2) is 0 Å². The largest absolute Gasteiger partial charge is 0.392 e. The van der Waals surface area contributed by atoms with E-state index < -0.39 is 6.10 Å². The fourth-order valence-electron chi connectivity index (χ4n) is 1.46. The third-order valence-electron chi connectivity index (χ3n) is 2.25. The lowest BCUT2D eigenvalue weighted by Gasteiger charge is -2.12. The maximum atomic E-state index is 13.3. The molecule has 96 valence electrons. The highest BCUT2D eigenvalue weighted by Gasteiger charge is 2.11. The lowest BCUT2D eigenvalue weighted by Crippen LogP contribution is -2.15. The summed E-state index contributed by atoms with van der Waals surface area (Å²) in [6.45, 7) is 4.31. The first-order valence-corrected chi connectivity index (χ1v) is 7.64. The molecule has 0 fully saturated rings. The molecular weight excluding hydrogens is 303 g/mol. The van der Waals surface area contributed by atoms with E-state index >= 15 is 0 Å². The Balaban J connectivity index is 2.45. The van der Waals surface area contributed by atoms with Crippen molar-refractivity contribution in [2.75, 3.05) is 11.5 Å². The highest BCUT2D eigenvalue weighted by Crippen LogP contribution is 2.22. The van der Waals surface area contributed by atoms with Crippen LogP contribution in [0.15, 0.2) is 22.7 Å². The predicted molar refractivity (Wildman–Crippen MR) is 76.0 cm³/mol. The summed E-state index contributed by atoms with van der Waals surface area (Å²) in [4.78, 5) is 0. The molecule has 0 radical (unpaired) electrons. The average Bonchev–Trinajstić information content (AvgIpc) is 2.24. The van der Waals surface area contributed by atoms with E-state index in [9.17, 15) is 9.50 Å². The van der Waals surface area contributed by atoms with Gasteiger partial charge in [0.1, 0.15) is 5.82 Å². The zero-order valence-corrected chi connectivity index (χ0v) is 12.5. The van der Waals surface area contributed by atoms with Crippen molar-refractivity contribution >= 4 is 27.7 Å². The minimum absolute atomic E-state index is 0.274. The molecule has 0 aromatic heterocycles. The van der Waals surface area contributed by atoms with Gasteiger partial charge in [-0.15, -0.1) is 0 Å². The van der Waals surface area contributed by atoms with E-state index in [-0.39, 0.29) is 5.82 Å². The number of thioether (sulfide) groups is 1. The fraction of sp³-hybridized carbons (Fsp3) is 0.538. The van der Waals surface area contributed by atoms with Gasteiger partial charge < -0.3 is 5.11 Å². The van der Waals surface area contributed by atoms with Crippen LogP contribution in [0.3, 0.4) is 0 Å². The van der Waals surface area contributed by atoms with Crippen LogP contribution < -0.4 is 0 Å². The number of hydrogen-bond donors (Lipinski definition) is 1. The van der Waals surface area contributed by atoms with Gasteiger partial charge in [-0.25, -0.2) is 4.39 Å². The number of benzene rings is 1. The molecule has 0 heterocycles. The summed E-state index contributed by atoms with van der Waals surface area (Å²) in [5.41, 5.74) is 0.822. The maximum absolute atomic E-state index is 13.3. The normalized spacial score (nSPS) is 13.1. The minimum Gasteiger partial charge on any atom is -0.392 e. The van der Waals surface area contributed by atoms with Crippen molar-refractivity contribution in [2.45, 2.75) is 26.4 Å². The summed E-state index contributed by atoms with van der Waals surface area (Å²) in [6.07, 6.45) is 0.0699. The molecule has 1 nitrogen and oxygen atoms in total. The van der Waals surface area contributed by atoms with Crippen molar-refractivity contribution < 1.29 is 9.50 Å². The smallest absolute Gasteiger partial charge is 0.137 e. The van der Waals surface area contributed by atoms with Gasteiger partial charge in [0.05, 0.1) is 10.6 Å². The fourth-order valence-corrected chi connectivity index (χ4v) is 2.88. The Morgan fingerprint density at radius 2 is 2.06 bits per heavy atom. The molecule has 0 spiro atoms. The van der Waals surface area contributed by atoms with Gasteiger partial charge in [-0.3, -0.25) is 0 Å². The molecule has 1 aromatic rings. The van der Waals surface area contributed by atoms with Gasteiger partial charge in [-0.2, -0.15) is 11.8 Å². The van der Waals surface area contributed by atoms with Crippen LogP contribution in [0.4, 0.5) is 4.39 Å². The van der Waals surface area contributed by atoms with Gasteiger partial charge in [-0.05, 0) is 39.2 Å². The standard InChI is InChI=1S/C13H18BrFOS/c1-9(2)7-17-8-11(16)6-10-4-3-5-12(15)13(10)14/h3-5,9,11,16H,6-8H2,1-2H3. The second kappa shape index (κ2) is 7.39. The van der Waals surface area contributed by atoms with Crippen LogP contribution in [0.25, 0.3) is 0 Å². The van der Waals surface area contributed by atoms with E-state index in [2.05, 4.69) is 29.8 Å². The molecule has 17 heavy (non-hydrogen) atoms. The molecule has 0 aliphatic heterocycles. The first kappa shape index (κ1) is 15.0. The summed E-state index contributed by atoms with van der Waals surface area (Å²) in [5.74, 6) is 2.10. The zero-order valence-electron chi connectivity index (χ0n) is 10.1. The lowest BCUT2D eigenvalue weighted by molar-refractivity contribution is 0.200. The first-order chi connectivity index (χ1) is 8.00. The first-order valence-electron chi connectivity index (χ1n) is 5.69. The highest BCUT2D eigenvalue weighted by molar-refractivity contribution is 9.10. The Morgan fingerprint density at radius 1 is 1.35 bits per heavy atom. The van der Waals surface area contributed by atoms with Gasteiger partial charge >= 0.3 is 0 Å². The Kier molecular flexibility index (Phi) is 6.52. The average molecular weight is 321 g/mol. The zero-order chi connectivity index (χ0) is 12.8. The van der Waals surface area contributed by atoms with Crippen molar-refractivity contribution in [1.82, 2.24) is 0 Å². The molecule has 0 aliphatic rings. The molecule has 0 saturated carbocycles. The van der Waals surface area contributed by atoms with Crippen LogP contribution in [0, 0.1) is 11.7 Å². The van der Waals surface area contributed by atoms with Gasteiger partial charge in [0, 0.05) is 12.2 Å². The van der Waals surface area contributed by atoms with Crippen LogP contribution in [-0.2, 0) is 6.42 Å². The van der Waals surface area contributed by atoms with Gasteiger partial charge in [-0.1, -0.05) is 26.0 Å². The van der Waals surface area contributed by atoms with Crippen LogP contribution in [0.2, 0.25) is 0 Å². The highest BCUT2D eigenvalue weighted by atomic mass is 79.9. The second-order valence-electron chi connectivity index (χ2n) is 4.50. The van der Waals surface area contributed by atoms with Crippen molar-refractivity contribution in [3.8, 4) is 0 Å². The summed E-state index contributed by atoms with van der Waals surface area (Å²) in [5, 5.41) is 9.87. The van der Waals surface area contributed by atoms with Crippen LogP contribution in [0.5, 0.6) is 0 Å². The van der Waals surface area contributed by atoms with E-state index in [0.29, 0.717) is 22.6 Å². The molecular formula is C13H18BrFOS. The number of rotatable bonds is 6. The Hall–Kier alpha value is -0.0600. The summed E-state index contributed by atoms with van der Waals surface area (Å²) < 4.78 is 13.7. The maximum Gasteiger partial charge on any atom is 0.137 e. The van der Waals surface area contributed by atoms with E-state index in [1.54, 1.807) is 17.8 Å². The van der Waals surface area contributed by atoms with Crippen molar-refractivity contribution in [1.29, 1.82) is 0 Å². The molecule has 1 atom stereocenters. The Labute approximate surface area is 115 Å². The second-order valence-corrected chi connectivity index (χ2v) is 6.37. The molecule has 0 aliphatic carbocycles. The number of aliphatic hydroxyl groups excluding tert-OH is 1. The molecule has 1 aromatic carbocycles. The topological polar surface area (TPSA) is 20.2 Å². The summed E-state index contributed by atoms with van der Waals surface area (Å²) in [6, 6.07) is 4.92. The van der Waals surface area contributed by atoms with Gasteiger partial charge in [0.25, 0.3) is 0 Å². The van der Waals surface area contributed by atoms with Crippen molar-refractivity contribution in [3.05, 3.63) is 34.1 Å². The monoisotopic (exact) mass is 320 g/mol. The third-order valence-corrected chi connectivity index (χ3v) is 4.66. The summed E-state index contributed by atoms with van der Waals surface area (Å²) in [7, 11) is 0. The molecule has 0 amide bonds. The SMILES string of the molecule is CC(C)CSCC(O)Cc1cccc(F)c1Br. The van der Waals surface area contributed by atoms with Gasteiger partial charge in [0.2, 0.25) is 0 Å². The molecule has 4 heteroatoms. The molecule has 0 bridgehead atoms. The predicted octanol–water partition coefficient (Wildman–Crippen LogP) is 3.88. The van der Waals surface area contributed by atoms with Crippen molar-refractivity contribution in [2.24, 2.45) is 5.92 Å². The third kappa shape index (κ3) is 5.40. The Bertz CT molecular complexity index is 357. The molecule has 0 saturated heterocycles. The molecule has 1 unspecified atom stereocenters. The van der Waals surface area contributed by atoms with E-state index in [1.807, 2.05) is 6.07 Å². The number of aliphatic hydroxyl groups is 1. The van der Waals surface area contributed by atoms with E-state index in [4.69, 9.17) is 0 Å².